The van der Waals surface area contributed by atoms with E-state index in [1.807, 2.05) is 0 Å². The third-order valence-electron chi connectivity index (χ3n) is 3.85. The second-order valence-corrected chi connectivity index (χ2v) is 6.44. The number of carboxylic acids is 1. The van der Waals surface area contributed by atoms with Gasteiger partial charge in [-0.3, -0.25) is 4.79 Å². The topological polar surface area (TPSA) is 71.2 Å². The van der Waals surface area contributed by atoms with Crippen molar-refractivity contribution in [3.8, 4) is 0 Å². The molecule has 0 aromatic carbocycles. The number of likely N-dealkylation sites (tertiary alicyclic amines) is 1. The summed E-state index contributed by atoms with van der Waals surface area (Å²) in [5.74, 6) is 0.835. The lowest BCUT2D eigenvalue weighted by atomic mass is 10.4. The molecule has 0 spiro atoms. The maximum atomic E-state index is 10.7. The minimum absolute atomic E-state index is 0.0481. The molecule has 2 aliphatic rings. The van der Waals surface area contributed by atoms with Crippen LogP contribution in [0, 0.1) is 0 Å². The highest BCUT2D eigenvalue weighted by Crippen LogP contribution is 2.40. The Bertz CT molecular complexity index is 481. The Morgan fingerprint density at radius 2 is 2.00 bits per heavy atom. The molecule has 1 aliphatic heterocycles. The van der Waals surface area contributed by atoms with Gasteiger partial charge in [0.25, 0.3) is 0 Å². The fourth-order valence-electron chi connectivity index (χ4n) is 2.63. The molecule has 7 heteroatoms. The van der Waals surface area contributed by atoms with Crippen LogP contribution in [0.3, 0.4) is 0 Å². The average Bonchev–Trinajstić information content (AvgIpc) is 2.99. The summed E-state index contributed by atoms with van der Waals surface area (Å²) < 4.78 is 2.14. The van der Waals surface area contributed by atoms with E-state index in [1.54, 1.807) is 0 Å². The van der Waals surface area contributed by atoms with Crippen molar-refractivity contribution < 1.29 is 9.90 Å². The van der Waals surface area contributed by atoms with Gasteiger partial charge >= 0.3 is 5.97 Å². The number of aromatic nitrogens is 3. The third-order valence-corrected chi connectivity index (χ3v) is 4.80. The summed E-state index contributed by atoms with van der Waals surface area (Å²) in [6, 6.07) is 0. The van der Waals surface area contributed by atoms with E-state index in [0.29, 0.717) is 5.92 Å². The van der Waals surface area contributed by atoms with Crippen LogP contribution in [0.15, 0.2) is 5.16 Å². The summed E-state index contributed by atoms with van der Waals surface area (Å²) in [6.45, 7) is 4.25. The number of thioether (sulfide) groups is 1. The number of carboxylic acid groups (broad SMARTS) is 1. The van der Waals surface area contributed by atoms with Crippen molar-refractivity contribution in [3.05, 3.63) is 5.82 Å². The van der Waals surface area contributed by atoms with Gasteiger partial charge in [0.2, 0.25) is 0 Å². The largest absolute Gasteiger partial charge is 0.481 e. The van der Waals surface area contributed by atoms with Gasteiger partial charge in [-0.05, 0) is 38.8 Å². The quantitative estimate of drug-likeness (QED) is 0.768. The van der Waals surface area contributed by atoms with Gasteiger partial charge in [0.1, 0.15) is 5.82 Å². The van der Waals surface area contributed by atoms with Crippen molar-refractivity contribution in [1.29, 1.82) is 0 Å². The van der Waals surface area contributed by atoms with E-state index < -0.39 is 5.97 Å². The Labute approximate surface area is 122 Å². The standard InChI is InChI=1S/C13H20N4O2S/c18-11(19)9-20-13-15-14-12(10-3-4-10)17(13)8-7-16-5-1-2-6-16/h10H,1-9H2,(H,18,19). The highest BCUT2D eigenvalue weighted by Gasteiger charge is 2.30. The zero-order valence-electron chi connectivity index (χ0n) is 11.5. The zero-order valence-corrected chi connectivity index (χ0v) is 12.3. The fourth-order valence-corrected chi connectivity index (χ4v) is 3.33. The van der Waals surface area contributed by atoms with E-state index >= 15 is 0 Å². The molecule has 1 aromatic heterocycles. The third kappa shape index (κ3) is 3.32. The Morgan fingerprint density at radius 1 is 1.25 bits per heavy atom. The van der Waals surface area contributed by atoms with Crippen LogP contribution in [0.5, 0.6) is 0 Å². The highest BCUT2D eigenvalue weighted by molar-refractivity contribution is 7.99. The monoisotopic (exact) mass is 296 g/mol. The smallest absolute Gasteiger partial charge is 0.313 e. The first-order valence-corrected chi connectivity index (χ1v) is 8.22. The summed E-state index contributed by atoms with van der Waals surface area (Å²) in [6.07, 6.45) is 4.95. The van der Waals surface area contributed by atoms with Crippen molar-refractivity contribution in [2.75, 3.05) is 25.4 Å². The SMILES string of the molecule is O=C(O)CSc1nnc(C2CC2)n1CCN1CCCC1. The predicted molar refractivity (Wildman–Crippen MR) is 76.0 cm³/mol. The molecule has 1 aromatic rings. The van der Waals surface area contributed by atoms with Crippen LogP contribution in [0.1, 0.15) is 37.4 Å². The lowest BCUT2D eigenvalue weighted by Crippen LogP contribution is -2.25. The van der Waals surface area contributed by atoms with Gasteiger partial charge < -0.3 is 14.6 Å². The molecule has 0 atom stereocenters. The Morgan fingerprint density at radius 3 is 2.65 bits per heavy atom. The van der Waals surface area contributed by atoms with Crippen LogP contribution >= 0.6 is 11.8 Å². The van der Waals surface area contributed by atoms with Crippen LogP contribution in [-0.2, 0) is 11.3 Å². The molecule has 6 nitrogen and oxygen atoms in total. The van der Waals surface area contributed by atoms with Crippen molar-refractivity contribution in [2.24, 2.45) is 0 Å². The van der Waals surface area contributed by atoms with Crippen molar-refractivity contribution in [2.45, 2.75) is 43.3 Å². The zero-order chi connectivity index (χ0) is 13.9. The maximum absolute atomic E-state index is 10.7. The lowest BCUT2D eigenvalue weighted by molar-refractivity contribution is -0.133. The number of hydrogen-bond donors (Lipinski definition) is 1. The van der Waals surface area contributed by atoms with E-state index in [4.69, 9.17) is 5.11 Å². The summed E-state index contributed by atoms with van der Waals surface area (Å²) in [4.78, 5) is 13.2. The Kier molecular flexibility index (Phi) is 4.26. The van der Waals surface area contributed by atoms with Gasteiger partial charge in [-0.25, -0.2) is 0 Å². The van der Waals surface area contributed by atoms with Gasteiger partial charge in [0.05, 0.1) is 5.75 Å². The molecule has 2 heterocycles. The Hall–Kier alpha value is -1.08. The van der Waals surface area contributed by atoms with E-state index in [-0.39, 0.29) is 5.75 Å². The molecule has 110 valence electrons. The maximum Gasteiger partial charge on any atom is 0.313 e. The van der Waals surface area contributed by atoms with E-state index in [1.165, 1.54) is 50.5 Å². The van der Waals surface area contributed by atoms with E-state index in [0.717, 1.165) is 24.1 Å². The molecule has 1 N–H and O–H groups in total. The molecule has 1 aliphatic carbocycles. The number of hydrogen-bond acceptors (Lipinski definition) is 5. The molecule has 0 bridgehead atoms. The summed E-state index contributed by atoms with van der Waals surface area (Å²) in [7, 11) is 0. The van der Waals surface area contributed by atoms with Gasteiger partial charge in [-0.2, -0.15) is 0 Å². The fraction of sp³-hybridized carbons (Fsp3) is 0.769. The highest BCUT2D eigenvalue weighted by atomic mass is 32.2. The molecule has 20 heavy (non-hydrogen) atoms. The second-order valence-electron chi connectivity index (χ2n) is 5.50. The van der Waals surface area contributed by atoms with Crippen molar-refractivity contribution in [1.82, 2.24) is 19.7 Å². The molecule has 0 amide bonds. The normalized spacial score (nSPS) is 19.6. The van der Waals surface area contributed by atoms with Gasteiger partial charge in [-0.1, -0.05) is 11.8 Å². The number of aliphatic carboxylic acids is 1. The van der Waals surface area contributed by atoms with Crippen LogP contribution < -0.4 is 0 Å². The number of nitrogens with zero attached hydrogens (tertiary/aromatic N) is 4. The molecule has 0 unspecified atom stereocenters. The van der Waals surface area contributed by atoms with E-state index in [2.05, 4.69) is 19.7 Å². The first kappa shape index (κ1) is 13.9. The van der Waals surface area contributed by atoms with Crippen LogP contribution in [0.4, 0.5) is 0 Å². The molecule has 3 rings (SSSR count). The van der Waals surface area contributed by atoms with Crippen molar-refractivity contribution >= 4 is 17.7 Å². The van der Waals surface area contributed by atoms with E-state index in [9.17, 15) is 4.79 Å². The molecule has 1 saturated carbocycles. The molecule has 2 fully saturated rings. The first-order chi connectivity index (χ1) is 9.74. The second kappa shape index (κ2) is 6.13. The number of rotatable bonds is 7. The van der Waals surface area contributed by atoms with Crippen LogP contribution in [0.25, 0.3) is 0 Å². The van der Waals surface area contributed by atoms with Gasteiger partial charge in [0.15, 0.2) is 5.16 Å². The van der Waals surface area contributed by atoms with Crippen LogP contribution in [0.2, 0.25) is 0 Å². The predicted octanol–water partition coefficient (Wildman–Crippen LogP) is 1.43. The van der Waals surface area contributed by atoms with Gasteiger partial charge in [-0.15, -0.1) is 10.2 Å². The summed E-state index contributed by atoms with van der Waals surface area (Å²) >= 11 is 1.27. The molecular weight excluding hydrogens is 276 g/mol. The van der Waals surface area contributed by atoms with Gasteiger partial charge in [0, 0.05) is 19.0 Å². The first-order valence-electron chi connectivity index (χ1n) is 7.24. The number of carbonyl (C=O) groups is 1. The van der Waals surface area contributed by atoms with Crippen LogP contribution in [-0.4, -0.2) is 56.1 Å². The Balaban J connectivity index is 1.67. The lowest BCUT2D eigenvalue weighted by Gasteiger charge is -2.16. The average molecular weight is 296 g/mol. The minimum atomic E-state index is -0.808. The van der Waals surface area contributed by atoms with Crippen molar-refractivity contribution in [3.63, 3.8) is 0 Å². The minimum Gasteiger partial charge on any atom is -0.481 e. The summed E-state index contributed by atoms with van der Waals surface area (Å²) in [5, 5.41) is 18.0. The molecular formula is C13H20N4O2S. The molecule has 0 radical (unpaired) electrons. The summed E-state index contributed by atoms with van der Waals surface area (Å²) in [5.41, 5.74) is 0. The molecule has 1 saturated heterocycles.